The maximum atomic E-state index is 11.5. The molecule has 1 aromatic carbocycles. The topological polar surface area (TPSA) is 93.4 Å². The van der Waals surface area contributed by atoms with Gasteiger partial charge < -0.3 is 21.1 Å². The highest BCUT2D eigenvalue weighted by molar-refractivity contribution is 5.95. The summed E-state index contributed by atoms with van der Waals surface area (Å²) in [5, 5.41) is 5.19. The fraction of sp³-hybridized carbons (Fsp3) is 0.385. The molecule has 104 valence electrons. The molecular formula is C13H19N3O3. The number of rotatable bonds is 6. The van der Waals surface area contributed by atoms with Crippen molar-refractivity contribution in [3.8, 4) is 5.75 Å². The number of carbonyl (C=O) groups excluding carboxylic acids is 2. The number of nitrogen functional groups attached to an aromatic ring is 1. The maximum Gasteiger partial charge on any atom is 0.257 e. The number of nitrogens with two attached hydrogens (primary N) is 1. The second kappa shape index (κ2) is 7.25. The van der Waals surface area contributed by atoms with Crippen LogP contribution in [0, 0.1) is 0 Å². The van der Waals surface area contributed by atoms with Gasteiger partial charge in [0.25, 0.3) is 11.8 Å². The van der Waals surface area contributed by atoms with E-state index in [2.05, 4.69) is 10.6 Å². The number of ether oxygens (including phenoxy) is 1. The first-order valence-corrected chi connectivity index (χ1v) is 6.09. The summed E-state index contributed by atoms with van der Waals surface area (Å²) in [6.07, 6.45) is 0.861. The van der Waals surface area contributed by atoms with Gasteiger partial charge in [-0.3, -0.25) is 9.59 Å². The van der Waals surface area contributed by atoms with Gasteiger partial charge in [-0.25, -0.2) is 0 Å². The molecule has 0 aliphatic carbocycles. The highest BCUT2D eigenvalue weighted by atomic mass is 16.5. The number of hydrogen-bond donors (Lipinski definition) is 3. The Morgan fingerprint density at radius 2 is 2.11 bits per heavy atom. The first-order valence-electron chi connectivity index (χ1n) is 6.09. The molecule has 0 saturated carbocycles. The van der Waals surface area contributed by atoms with Crippen LogP contribution < -0.4 is 21.1 Å². The van der Waals surface area contributed by atoms with Gasteiger partial charge >= 0.3 is 0 Å². The molecule has 0 aliphatic heterocycles. The van der Waals surface area contributed by atoms with E-state index in [1.54, 1.807) is 12.1 Å². The Balaban J connectivity index is 2.67. The van der Waals surface area contributed by atoms with E-state index in [0.717, 1.165) is 6.42 Å². The quantitative estimate of drug-likeness (QED) is 0.654. The molecule has 0 fully saturated rings. The molecule has 0 aromatic heterocycles. The minimum atomic E-state index is -0.236. The van der Waals surface area contributed by atoms with Crippen LogP contribution in [0.25, 0.3) is 0 Å². The lowest BCUT2D eigenvalue weighted by atomic mass is 10.2. The average molecular weight is 265 g/mol. The number of carbonyl (C=O) groups is 2. The summed E-state index contributed by atoms with van der Waals surface area (Å²) in [5.74, 6) is -0.125. The van der Waals surface area contributed by atoms with Crippen molar-refractivity contribution in [2.75, 3.05) is 25.9 Å². The van der Waals surface area contributed by atoms with Crippen molar-refractivity contribution in [2.45, 2.75) is 13.3 Å². The number of hydrogen-bond acceptors (Lipinski definition) is 4. The SMILES string of the molecule is CCCNC(=O)COc1cc(C(=O)NC)ccc1N. The Morgan fingerprint density at radius 3 is 2.74 bits per heavy atom. The smallest absolute Gasteiger partial charge is 0.257 e. The average Bonchev–Trinajstić information content (AvgIpc) is 2.43. The Hall–Kier alpha value is -2.24. The van der Waals surface area contributed by atoms with Gasteiger partial charge in [-0.05, 0) is 24.6 Å². The molecule has 0 atom stereocenters. The van der Waals surface area contributed by atoms with Crippen molar-refractivity contribution >= 4 is 17.5 Å². The largest absolute Gasteiger partial charge is 0.482 e. The first kappa shape index (κ1) is 14.8. The standard InChI is InChI=1S/C13H19N3O3/c1-3-6-16-12(17)8-19-11-7-9(13(18)15-2)4-5-10(11)14/h4-5,7H,3,6,8,14H2,1-2H3,(H,15,18)(H,16,17). The third-order valence-corrected chi connectivity index (χ3v) is 2.43. The normalized spacial score (nSPS) is 9.79. The predicted molar refractivity (Wildman–Crippen MR) is 73.0 cm³/mol. The summed E-state index contributed by atoms with van der Waals surface area (Å²) in [7, 11) is 1.54. The molecule has 1 rings (SSSR count). The Morgan fingerprint density at radius 1 is 1.37 bits per heavy atom. The van der Waals surface area contributed by atoms with E-state index in [1.165, 1.54) is 13.1 Å². The zero-order valence-electron chi connectivity index (χ0n) is 11.2. The van der Waals surface area contributed by atoms with Crippen LogP contribution >= 0.6 is 0 Å². The Bertz CT molecular complexity index is 460. The van der Waals surface area contributed by atoms with Gasteiger partial charge in [0.1, 0.15) is 5.75 Å². The molecule has 0 unspecified atom stereocenters. The van der Waals surface area contributed by atoms with E-state index >= 15 is 0 Å². The minimum Gasteiger partial charge on any atom is -0.482 e. The van der Waals surface area contributed by atoms with Gasteiger partial charge in [0, 0.05) is 19.2 Å². The fourth-order valence-corrected chi connectivity index (χ4v) is 1.40. The van der Waals surface area contributed by atoms with Gasteiger partial charge in [-0.15, -0.1) is 0 Å². The number of nitrogens with one attached hydrogen (secondary N) is 2. The van der Waals surface area contributed by atoms with Crippen LogP contribution in [0.1, 0.15) is 23.7 Å². The van der Waals surface area contributed by atoms with Crippen LogP contribution in [0.15, 0.2) is 18.2 Å². The molecule has 19 heavy (non-hydrogen) atoms. The maximum absolute atomic E-state index is 11.5. The summed E-state index contributed by atoms with van der Waals surface area (Å²) in [4.78, 5) is 22.9. The van der Waals surface area contributed by atoms with Gasteiger partial charge in [0.05, 0.1) is 5.69 Å². The molecule has 6 heteroatoms. The van der Waals surface area contributed by atoms with E-state index in [9.17, 15) is 9.59 Å². The van der Waals surface area contributed by atoms with E-state index in [-0.39, 0.29) is 18.4 Å². The molecule has 0 radical (unpaired) electrons. The molecule has 0 saturated heterocycles. The second-order valence-electron chi connectivity index (χ2n) is 3.97. The lowest BCUT2D eigenvalue weighted by Gasteiger charge is -2.10. The summed E-state index contributed by atoms with van der Waals surface area (Å²) < 4.78 is 5.31. The lowest BCUT2D eigenvalue weighted by molar-refractivity contribution is -0.123. The van der Waals surface area contributed by atoms with Crippen molar-refractivity contribution in [3.05, 3.63) is 23.8 Å². The van der Waals surface area contributed by atoms with Crippen molar-refractivity contribution < 1.29 is 14.3 Å². The van der Waals surface area contributed by atoms with E-state index in [1.807, 2.05) is 6.92 Å². The van der Waals surface area contributed by atoms with E-state index in [4.69, 9.17) is 10.5 Å². The fourth-order valence-electron chi connectivity index (χ4n) is 1.40. The van der Waals surface area contributed by atoms with Gasteiger partial charge in [-0.1, -0.05) is 6.92 Å². The van der Waals surface area contributed by atoms with Crippen molar-refractivity contribution in [2.24, 2.45) is 0 Å². The van der Waals surface area contributed by atoms with Gasteiger partial charge in [0.2, 0.25) is 0 Å². The highest BCUT2D eigenvalue weighted by Gasteiger charge is 2.09. The van der Waals surface area contributed by atoms with Crippen molar-refractivity contribution in [1.82, 2.24) is 10.6 Å². The summed E-state index contributed by atoms with van der Waals surface area (Å²) in [6.45, 7) is 2.45. The summed E-state index contributed by atoms with van der Waals surface area (Å²) in [5.41, 5.74) is 6.55. The highest BCUT2D eigenvalue weighted by Crippen LogP contribution is 2.22. The van der Waals surface area contributed by atoms with Crippen molar-refractivity contribution in [3.63, 3.8) is 0 Å². The first-order chi connectivity index (χ1) is 9.08. The van der Waals surface area contributed by atoms with Gasteiger partial charge in [-0.2, -0.15) is 0 Å². The molecule has 0 spiro atoms. The molecule has 2 amide bonds. The monoisotopic (exact) mass is 265 g/mol. The van der Waals surface area contributed by atoms with Crippen LogP contribution in [0.2, 0.25) is 0 Å². The Labute approximate surface area is 112 Å². The van der Waals surface area contributed by atoms with E-state index in [0.29, 0.717) is 23.5 Å². The third-order valence-electron chi connectivity index (χ3n) is 2.43. The van der Waals surface area contributed by atoms with Crippen LogP contribution in [0.3, 0.4) is 0 Å². The zero-order chi connectivity index (χ0) is 14.3. The number of anilines is 1. The molecular weight excluding hydrogens is 246 g/mol. The second-order valence-corrected chi connectivity index (χ2v) is 3.97. The van der Waals surface area contributed by atoms with Crippen LogP contribution in [-0.4, -0.2) is 32.0 Å². The Kier molecular flexibility index (Phi) is 5.66. The van der Waals surface area contributed by atoms with Crippen LogP contribution in [0.5, 0.6) is 5.75 Å². The summed E-state index contributed by atoms with van der Waals surface area (Å²) in [6, 6.07) is 4.68. The number of benzene rings is 1. The van der Waals surface area contributed by atoms with Crippen molar-refractivity contribution in [1.29, 1.82) is 0 Å². The molecule has 0 aliphatic rings. The molecule has 0 bridgehead atoms. The minimum absolute atomic E-state index is 0.124. The van der Waals surface area contributed by atoms with Gasteiger partial charge in [0.15, 0.2) is 6.61 Å². The molecule has 0 heterocycles. The molecule has 1 aromatic rings. The third kappa shape index (κ3) is 4.50. The molecule has 4 N–H and O–H groups in total. The zero-order valence-corrected chi connectivity index (χ0v) is 11.2. The predicted octanol–water partition coefficient (Wildman–Crippen LogP) is 0.533. The number of amides is 2. The lowest BCUT2D eigenvalue weighted by Crippen LogP contribution is -2.29. The van der Waals surface area contributed by atoms with E-state index < -0.39 is 0 Å². The molecule has 6 nitrogen and oxygen atoms in total. The van der Waals surface area contributed by atoms with Crippen LogP contribution in [0.4, 0.5) is 5.69 Å². The summed E-state index contributed by atoms with van der Waals surface area (Å²) >= 11 is 0. The van der Waals surface area contributed by atoms with Crippen LogP contribution in [-0.2, 0) is 4.79 Å².